The maximum absolute atomic E-state index is 12.0. The maximum atomic E-state index is 12.0. The van der Waals surface area contributed by atoms with Gasteiger partial charge in [0.2, 0.25) is 11.8 Å². The SMILES string of the molecule is CN=C(NC)NCC(=O)N1CCCC1C(=O)NC.I. The van der Waals surface area contributed by atoms with Gasteiger partial charge in [-0.3, -0.25) is 14.6 Å². The summed E-state index contributed by atoms with van der Waals surface area (Å²) < 4.78 is 0. The summed E-state index contributed by atoms with van der Waals surface area (Å²) in [4.78, 5) is 29.2. The molecule has 0 aromatic carbocycles. The predicted molar refractivity (Wildman–Crippen MR) is 84.6 cm³/mol. The molecule has 0 saturated carbocycles. The average molecular weight is 383 g/mol. The van der Waals surface area contributed by atoms with E-state index >= 15 is 0 Å². The van der Waals surface area contributed by atoms with E-state index in [-0.39, 0.29) is 48.4 Å². The van der Waals surface area contributed by atoms with Crippen molar-refractivity contribution in [1.82, 2.24) is 20.9 Å². The molecular weight excluding hydrogens is 361 g/mol. The lowest BCUT2D eigenvalue weighted by molar-refractivity contribution is -0.137. The molecule has 0 spiro atoms. The van der Waals surface area contributed by atoms with Crippen molar-refractivity contribution >= 4 is 41.8 Å². The molecule has 1 rings (SSSR count). The Labute approximate surface area is 130 Å². The van der Waals surface area contributed by atoms with Gasteiger partial charge in [-0.2, -0.15) is 0 Å². The summed E-state index contributed by atoms with van der Waals surface area (Å²) in [5.41, 5.74) is 0. The van der Waals surface area contributed by atoms with Crippen LogP contribution in [0.1, 0.15) is 12.8 Å². The average Bonchev–Trinajstić information content (AvgIpc) is 2.88. The number of likely N-dealkylation sites (N-methyl/N-ethyl adjacent to an activating group) is 1. The topological polar surface area (TPSA) is 85.8 Å². The van der Waals surface area contributed by atoms with Crippen LogP contribution in [0.3, 0.4) is 0 Å². The fourth-order valence-corrected chi connectivity index (χ4v) is 2.04. The lowest BCUT2D eigenvalue weighted by atomic mass is 10.2. The van der Waals surface area contributed by atoms with E-state index in [9.17, 15) is 9.59 Å². The maximum Gasteiger partial charge on any atom is 0.242 e. The fourth-order valence-electron chi connectivity index (χ4n) is 2.04. The first-order chi connectivity index (χ1) is 8.63. The van der Waals surface area contributed by atoms with Gasteiger partial charge < -0.3 is 20.9 Å². The third kappa shape index (κ3) is 4.84. The fraction of sp³-hybridized carbons (Fsp3) is 0.727. The first-order valence-electron chi connectivity index (χ1n) is 6.03. The van der Waals surface area contributed by atoms with E-state index in [1.54, 1.807) is 26.0 Å². The Morgan fingerprint density at radius 2 is 2.00 bits per heavy atom. The number of aliphatic imine (C=N–C) groups is 1. The lowest BCUT2D eigenvalue weighted by Crippen LogP contribution is -2.49. The highest BCUT2D eigenvalue weighted by molar-refractivity contribution is 14.0. The summed E-state index contributed by atoms with van der Waals surface area (Å²) in [6.07, 6.45) is 1.59. The molecule has 0 aromatic heterocycles. The monoisotopic (exact) mass is 383 g/mol. The quantitative estimate of drug-likeness (QED) is 0.336. The third-order valence-corrected chi connectivity index (χ3v) is 2.99. The molecule has 2 amide bonds. The summed E-state index contributed by atoms with van der Waals surface area (Å²) in [6.45, 7) is 0.776. The van der Waals surface area contributed by atoms with Crippen LogP contribution in [0, 0.1) is 0 Å². The summed E-state index contributed by atoms with van der Waals surface area (Å²) in [6, 6.07) is -0.332. The van der Waals surface area contributed by atoms with Crippen molar-refractivity contribution in [2.75, 3.05) is 34.2 Å². The van der Waals surface area contributed by atoms with Gasteiger partial charge in [0.05, 0.1) is 6.54 Å². The molecule has 1 atom stereocenters. The Morgan fingerprint density at radius 3 is 2.53 bits per heavy atom. The normalized spacial score (nSPS) is 18.6. The van der Waals surface area contributed by atoms with Crippen LogP contribution in [0.4, 0.5) is 0 Å². The van der Waals surface area contributed by atoms with Crippen LogP contribution < -0.4 is 16.0 Å². The van der Waals surface area contributed by atoms with E-state index < -0.39 is 0 Å². The third-order valence-electron chi connectivity index (χ3n) is 2.99. The summed E-state index contributed by atoms with van der Waals surface area (Å²) in [7, 11) is 4.94. The highest BCUT2D eigenvalue weighted by Crippen LogP contribution is 2.17. The van der Waals surface area contributed by atoms with Crippen molar-refractivity contribution in [3.8, 4) is 0 Å². The van der Waals surface area contributed by atoms with Gasteiger partial charge in [0.1, 0.15) is 6.04 Å². The standard InChI is InChI=1S/C11H21N5O2.HI/c1-12-10(18)8-5-4-6-16(8)9(17)7-15-11(13-2)14-3;/h8H,4-7H2,1-3H3,(H,12,18)(H2,13,14,15);1H. The molecule has 3 N–H and O–H groups in total. The predicted octanol–water partition coefficient (Wildman–Crippen LogP) is -0.864. The van der Waals surface area contributed by atoms with E-state index in [2.05, 4.69) is 20.9 Å². The molecule has 1 saturated heterocycles. The van der Waals surface area contributed by atoms with Crippen LogP contribution in [0.15, 0.2) is 4.99 Å². The summed E-state index contributed by atoms with van der Waals surface area (Å²) >= 11 is 0. The van der Waals surface area contributed by atoms with Crippen LogP contribution in [-0.2, 0) is 9.59 Å². The number of guanidine groups is 1. The Hall–Kier alpha value is -1.06. The molecule has 0 bridgehead atoms. The number of rotatable bonds is 3. The number of nitrogens with one attached hydrogen (secondary N) is 3. The molecule has 1 unspecified atom stereocenters. The second-order valence-electron chi connectivity index (χ2n) is 4.04. The highest BCUT2D eigenvalue weighted by atomic mass is 127. The molecule has 0 aliphatic carbocycles. The molecule has 8 heteroatoms. The molecule has 7 nitrogen and oxygen atoms in total. The van der Waals surface area contributed by atoms with E-state index in [0.717, 1.165) is 12.8 Å². The van der Waals surface area contributed by atoms with E-state index in [0.29, 0.717) is 12.5 Å². The molecule has 19 heavy (non-hydrogen) atoms. The van der Waals surface area contributed by atoms with Gasteiger partial charge in [-0.05, 0) is 12.8 Å². The molecule has 1 heterocycles. The van der Waals surface area contributed by atoms with Gasteiger partial charge in [-0.25, -0.2) is 0 Å². The van der Waals surface area contributed by atoms with Crippen LogP contribution >= 0.6 is 24.0 Å². The number of hydrogen-bond acceptors (Lipinski definition) is 3. The smallest absolute Gasteiger partial charge is 0.242 e. The van der Waals surface area contributed by atoms with Crippen molar-refractivity contribution < 1.29 is 9.59 Å². The summed E-state index contributed by atoms with van der Waals surface area (Å²) in [5.74, 6) is 0.371. The number of halogens is 1. The Balaban J connectivity index is 0.00000324. The van der Waals surface area contributed by atoms with Gasteiger partial charge in [0.15, 0.2) is 5.96 Å². The van der Waals surface area contributed by atoms with Crippen molar-refractivity contribution in [1.29, 1.82) is 0 Å². The van der Waals surface area contributed by atoms with Crippen molar-refractivity contribution in [3.63, 3.8) is 0 Å². The van der Waals surface area contributed by atoms with Crippen molar-refractivity contribution in [3.05, 3.63) is 0 Å². The number of amides is 2. The number of carbonyl (C=O) groups excluding carboxylic acids is 2. The number of likely N-dealkylation sites (tertiary alicyclic amines) is 1. The lowest BCUT2D eigenvalue weighted by Gasteiger charge is -2.23. The van der Waals surface area contributed by atoms with Crippen LogP contribution in [0.5, 0.6) is 0 Å². The van der Waals surface area contributed by atoms with Gasteiger partial charge in [-0.15, -0.1) is 24.0 Å². The Kier molecular flexibility index (Phi) is 8.44. The van der Waals surface area contributed by atoms with Gasteiger partial charge in [0.25, 0.3) is 0 Å². The Morgan fingerprint density at radius 1 is 1.32 bits per heavy atom. The molecule has 110 valence electrons. The zero-order chi connectivity index (χ0) is 13.5. The van der Waals surface area contributed by atoms with E-state index in [1.165, 1.54) is 0 Å². The van der Waals surface area contributed by atoms with Crippen LogP contribution in [0.2, 0.25) is 0 Å². The second-order valence-corrected chi connectivity index (χ2v) is 4.04. The first kappa shape index (κ1) is 17.9. The zero-order valence-electron chi connectivity index (χ0n) is 11.5. The minimum absolute atomic E-state index is 0. The number of hydrogen-bond donors (Lipinski definition) is 3. The Bertz CT molecular complexity index is 348. The molecule has 0 radical (unpaired) electrons. The van der Waals surface area contributed by atoms with Gasteiger partial charge in [0, 0.05) is 27.7 Å². The number of nitrogens with zero attached hydrogens (tertiary/aromatic N) is 2. The largest absolute Gasteiger partial charge is 0.359 e. The van der Waals surface area contributed by atoms with Gasteiger partial charge in [-0.1, -0.05) is 0 Å². The second kappa shape index (κ2) is 8.94. The highest BCUT2D eigenvalue weighted by Gasteiger charge is 2.33. The molecule has 1 aliphatic heterocycles. The number of carbonyl (C=O) groups is 2. The summed E-state index contributed by atoms with van der Waals surface area (Å²) in [5, 5.41) is 8.31. The first-order valence-corrected chi connectivity index (χ1v) is 6.03. The van der Waals surface area contributed by atoms with Crippen molar-refractivity contribution in [2.45, 2.75) is 18.9 Å². The molecule has 0 aromatic rings. The van der Waals surface area contributed by atoms with E-state index in [1.807, 2.05) is 0 Å². The minimum atomic E-state index is -0.332. The van der Waals surface area contributed by atoms with Crippen LogP contribution in [0.25, 0.3) is 0 Å². The van der Waals surface area contributed by atoms with Gasteiger partial charge >= 0.3 is 0 Å². The van der Waals surface area contributed by atoms with Crippen molar-refractivity contribution in [2.24, 2.45) is 4.99 Å². The van der Waals surface area contributed by atoms with Crippen LogP contribution in [-0.4, -0.2) is 62.9 Å². The molecule has 1 fully saturated rings. The molecular formula is C11H22IN5O2. The molecule has 1 aliphatic rings. The zero-order valence-corrected chi connectivity index (χ0v) is 13.9. The van der Waals surface area contributed by atoms with E-state index in [4.69, 9.17) is 0 Å². The minimum Gasteiger partial charge on any atom is -0.359 e.